The van der Waals surface area contributed by atoms with Crippen molar-refractivity contribution in [1.29, 1.82) is 0 Å². The Morgan fingerprint density at radius 3 is 2.53 bits per heavy atom. The lowest BCUT2D eigenvalue weighted by Crippen LogP contribution is -2.05. The highest BCUT2D eigenvalue weighted by Crippen LogP contribution is 2.23. The van der Waals surface area contributed by atoms with Crippen LogP contribution < -0.4 is 0 Å². The SMILES string of the molecule is Cc1ncc(-c2ccc(Br)cc2)c(C(=O)O)n1. The van der Waals surface area contributed by atoms with Crippen LogP contribution in [0.5, 0.6) is 0 Å². The van der Waals surface area contributed by atoms with Gasteiger partial charge in [-0.25, -0.2) is 14.8 Å². The third-order valence-electron chi connectivity index (χ3n) is 2.27. The molecule has 0 bridgehead atoms. The van der Waals surface area contributed by atoms with Gasteiger partial charge in [-0.3, -0.25) is 0 Å². The Morgan fingerprint density at radius 2 is 1.94 bits per heavy atom. The third kappa shape index (κ3) is 2.50. The maximum Gasteiger partial charge on any atom is 0.355 e. The van der Waals surface area contributed by atoms with E-state index in [0.717, 1.165) is 10.0 Å². The lowest BCUT2D eigenvalue weighted by molar-refractivity contribution is 0.0691. The minimum absolute atomic E-state index is 0.0276. The average Bonchev–Trinajstić information content (AvgIpc) is 2.30. The highest BCUT2D eigenvalue weighted by atomic mass is 79.9. The van der Waals surface area contributed by atoms with E-state index in [2.05, 4.69) is 25.9 Å². The number of aromatic nitrogens is 2. The van der Waals surface area contributed by atoms with Crippen LogP contribution in [0.3, 0.4) is 0 Å². The molecule has 0 fully saturated rings. The number of hydrogen-bond donors (Lipinski definition) is 1. The predicted molar refractivity (Wildman–Crippen MR) is 66.9 cm³/mol. The van der Waals surface area contributed by atoms with E-state index in [9.17, 15) is 4.79 Å². The van der Waals surface area contributed by atoms with Crippen LogP contribution in [0.15, 0.2) is 34.9 Å². The van der Waals surface area contributed by atoms with Gasteiger partial charge in [0.05, 0.1) is 0 Å². The van der Waals surface area contributed by atoms with Crippen LogP contribution in [0.2, 0.25) is 0 Å². The molecule has 0 aliphatic rings. The Kier molecular flexibility index (Phi) is 3.19. The number of carboxylic acids is 1. The van der Waals surface area contributed by atoms with Crippen LogP contribution in [-0.2, 0) is 0 Å². The minimum Gasteiger partial charge on any atom is -0.476 e. The second-order valence-corrected chi connectivity index (χ2v) is 4.41. The average molecular weight is 293 g/mol. The van der Waals surface area contributed by atoms with Crippen LogP contribution in [0.4, 0.5) is 0 Å². The van der Waals surface area contributed by atoms with Crippen molar-refractivity contribution in [3.63, 3.8) is 0 Å². The van der Waals surface area contributed by atoms with E-state index < -0.39 is 5.97 Å². The zero-order valence-electron chi connectivity index (χ0n) is 9.01. The van der Waals surface area contributed by atoms with E-state index in [1.165, 1.54) is 6.20 Å². The number of carbonyl (C=O) groups is 1. The Bertz CT molecular complexity index is 567. The first-order chi connectivity index (χ1) is 8.08. The van der Waals surface area contributed by atoms with E-state index in [-0.39, 0.29) is 5.69 Å². The van der Waals surface area contributed by atoms with E-state index in [1.54, 1.807) is 6.92 Å². The van der Waals surface area contributed by atoms with Gasteiger partial charge in [-0.2, -0.15) is 0 Å². The predicted octanol–water partition coefficient (Wildman–Crippen LogP) is 2.91. The molecule has 17 heavy (non-hydrogen) atoms. The van der Waals surface area contributed by atoms with Gasteiger partial charge in [0.15, 0.2) is 5.69 Å². The van der Waals surface area contributed by atoms with E-state index >= 15 is 0 Å². The van der Waals surface area contributed by atoms with E-state index in [0.29, 0.717) is 11.4 Å². The van der Waals surface area contributed by atoms with Crippen molar-refractivity contribution in [2.24, 2.45) is 0 Å². The zero-order chi connectivity index (χ0) is 12.4. The molecule has 2 rings (SSSR count). The fraction of sp³-hybridized carbons (Fsp3) is 0.0833. The molecule has 0 amide bonds. The lowest BCUT2D eigenvalue weighted by atomic mass is 10.1. The summed E-state index contributed by atoms with van der Waals surface area (Å²) in [6.45, 7) is 1.66. The van der Waals surface area contributed by atoms with Gasteiger partial charge in [0.1, 0.15) is 5.82 Å². The summed E-state index contributed by atoms with van der Waals surface area (Å²) in [5.74, 6) is -0.600. The summed E-state index contributed by atoms with van der Waals surface area (Å²) >= 11 is 3.33. The molecule has 1 N–H and O–H groups in total. The number of benzene rings is 1. The highest BCUT2D eigenvalue weighted by molar-refractivity contribution is 9.10. The first-order valence-electron chi connectivity index (χ1n) is 4.91. The lowest BCUT2D eigenvalue weighted by Gasteiger charge is -2.05. The molecular weight excluding hydrogens is 284 g/mol. The molecule has 2 aromatic rings. The van der Waals surface area contributed by atoms with Gasteiger partial charge >= 0.3 is 5.97 Å². The summed E-state index contributed by atoms with van der Waals surface area (Å²) in [4.78, 5) is 19.1. The Hall–Kier alpha value is -1.75. The topological polar surface area (TPSA) is 63.1 Å². The number of hydrogen-bond acceptors (Lipinski definition) is 3. The summed E-state index contributed by atoms with van der Waals surface area (Å²) < 4.78 is 0.936. The van der Waals surface area contributed by atoms with Crippen molar-refractivity contribution in [1.82, 2.24) is 9.97 Å². The molecule has 0 aliphatic heterocycles. The summed E-state index contributed by atoms with van der Waals surface area (Å²) in [7, 11) is 0. The highest BCUT2D eigenvalue weighted by Gasteiger charge is 2.14. The van der Waals surface area contributed by atoms with Gasteiger partial charge in [0.25, 0.3) is 0 Å². The molecule has 1 heterocycles. The number of aryl methyl sites for hydroxylation is 1. The Labute approximate surface area is 106 Å². The maximum absolute atomic E-state index is 11.1. The minimum atomic E-state index is -1.05. The fourth-order valence-electron chi connectivity index (χ4n) is 1.47. The Morgan fingerprint density at radius 1 is 1.29 bits per heavy atom. The van der Waals surface area contributed by atoms with Crippen molar-refractivity contribution in [3.8, 4) is 11.1 Å². The van der Waals surface area contributed by atoms with Crippen molar-refractivity contribution in [2.45, 2.75) is 6.92 Å². The maximum atomic E-state index is 11.1. The second-order valence-electron chi connectivity index (χ2n) is 3.49. The van der Waals surface area contributed by atoms with Gasteiger partial charge in [0.2, 0.25) is 0 Å². The van der Waals surface area contributed by atoms with Gasteiger partial charge < -0.3 is 5.11 Å². The van der Waals surface area contributed by atoms with Gasteiger partial charge in [-0.05, 0) is 24.6 Å². The molecule has 4 nitrogen and oxygen atoms in total. The molecule has 0 saturated carbocycles. The standard InChI is InChI=1S/C12H9BrN2O2/c1-7-14-6-10(11(15-7)12(16)17)8-2-4-9(13)5-3-8/h2-6H,1H3,(H,16,17). The summed E-state index contributed by atoms with van der Waals surface area (Å²) in [5.41, 5.74) is 1.33. The number of halogens is 1. The van der Waals surface area contributed by atoms with Crippen molar-refractivity contribution < 1.29 is 9.90 Å². The second kappa shape index (κ2) is 4.63. The third-order valence-corrected chi connectivity index (χ3v) is 2.80. The van der Waals surface area contributed by atoms with Crippen LogP contribution in [0, 0.1) is 6.92 Å². The number of carboxylic acid groups (broad SMARTS) is 1. The van der Waals surface area contributed by atoms with Gasteiger partial charge in [-0.15, -0.1) is 0 Å². The molecule has 0 spiro atoms. The number of nitrogens with zero attached hydrogens (tertiary/aromatic N) is 2. The molecule has 0 aliphatic carbocycles. The Balaban J connectivity index is 2.58. The van der Waals surface area contributed by atoms with E-state index in [1.807, 2.05) is 24.3 Å². The summed E-state index contributed by atoms with van der Waals surface area (Å²) in [6, 6.07) is 7.34. The monoisotopic (exact) mass is 292 g/mol. The van der Waals surface area contributed by atoms with Crippen LogP contribution in [-0.4, -0.2) is 21.0 Å². The summed E-state index contributed by atoms with van der Waals surface area (Å²) in [6.07, 6.45) is 1.54. The van der Waals surface area contributed by atoms with Gasteiger partial charge in [0, 0.05) is 16.2 Å². The molecule has 0 radical (unpaired) electrons. The normalized spacial score (nSPS) is 10.2. The van der Waals surface area contributed by atoms with Crippen LogP contribution in [0.25, 0.3) is 11.1 Å². The quantitative estimate of drug-likeness (QED) is 0.924. The molecule has 5 heteroatoms. The molecule has 0 unspecified atom stereocenters. The largest absolute Gasteiger partial charge is 0.476 e. The summed E-state index contributed by atoms with van der Waals surface area (Å²) in [5, 5.41) is 9.11. The molecule has 1 aromatic heterocycles. The first-order valence-corrected chi connectivity index (χ1v) is 5.70. The number of aromatic carboxylic acids is 1. The molecule has 1 aromatic carbocycles. The molecule has 0 saturated heterocycles. The molecular formula is C12H9BrN2O2. The van der Waals surface area contributed by atoms with Crippen molar-refractivity contribution in [3.05, 3.63) is 46.5 Å². The molecule has 0 atom stereocenters. The van der Waals surface area contributed by atoms with Crippen LogP contribution >= 0.6 is 15.9 Å². The van der Waals surface area contributed by atoms with Crippen molar-refractivity contribution in [2.75, 3.05) is 0 Å². The smallest absolute Gasteiger partial charge is 0.355 e. The fourth-order valence-corrected chi connectivity index (χ4v) is 1.74. The van der Waals surface area contributed by atoms with E-state index in [4.69, 9.17) is 5.11 Å². The van der Waals surface area contributed by atoms with Gasteiger partial charge in [-0.1, -0.05) is 28.1 Å². The molecule has 86 valence electrons. The van der Waals surface area contributed by atoms with Crippen molar-refractivity contribution >= 4 is 21.9 Å². The zero-order valence-corrected chi connectivity index (χ0v) is 10.6. The first kappa shape index (κ1) is 11.7. The number of rotatable bonds is 2. The van der Waals surface area contributed by atoms with Crippen LogP contribution in [0.1, 0.15) is 16.3 Å².